The molecule has 0 aliphatic carbocycles. The lowest BCUT2D eigenvalue weighted by Gasteiger charge is -2.06. The Labute approximate surface area is 119 Å². The molecule has 1 heterocycles. The van der Waals surface area contributed by atoms with Gasteiger partial charge in [0, 0.05) is 12.6 Å². The molecule has 0 atom stereocenters. The van der Waals surface area contributed by atoms with Gasteiger partial charge in [-0.1, -0.05) is 18.8 Å². The standard InChI is InChI=1S/C16H19N3O/c1-3-14-11-15(19(2)18-14)12-20-16-8-6-13(7-9-16)5-4-10-17/h6-9,11H,3,10,12,17H2,1-2H3. The second-order valence-electron chi connectivity index (χ2n) is 4.42. The number of benzene rings is 1. The summed E-state index contributed by atoms with van der Waals surface area (Å²) in [5.74, 6) is 6.63. The first-order chi connectivity index (χ1) is 9.72. The third kappa shape index (κ3) is 3.62. The summed E-state index contributed by atoms with van der Waals surface area (Å²) >= 11 is 0. The van der Waals surface area contributed by atoms with Gasteiger partial charge < -0.3 is 10.5 Å². The molecular formula is C16H19N3O. The summed E-state index contributed by atoms with van der Waals surface area (Å²) in [5.41, 5.74) is 8.43. The van der Waals surface area contributed by atoms with E-state index in [9.17, 15) is 0 Å². The molecule has 0 aliphatic heterocycles. The fraction of sp³-hybridized carbons (Fsp3) is 0.312. The number of nitrogens with two attached hydrogens (primary N) is 1. The first kappa shape index (κ1) is 14.2. The molecule has 20 heavy (non-hydrogen) atoms. The summed E-state index contributed by atoms with van der Waals surface area (Å²) in [4.78, 5) is 0. The van der Waals surface area contributed by atoms with Crippen molar-refractivity contribution in [3.05, 3.63) is 47.3 Å². The van der Waals surface area contributed by atoms with Crippen LogP contribution in [0.3, 0.4) is 0 Å². The smallest absolute Gasteiger partial charge is 0.130 e. The molecule has 4 heteroatoms. The lowest BCUT2D eigenvalue weighted by molar-refractivity contribution is 0.295. The zero-order valence-electron chi connectivity index (χ0n) is 11.9. The second kappa shape index (κ2) is 6.78. The summed E-state index contributed by atoms with van der Waals surface area (Å²) in [7, 11) is 1.93. The Balaban J connectivity index is 1.98. The van der Waals surface area contributed by atoms with E-state index < -0.39 is 0 Å². The number of aromatic nitrogens is 2. The molecule has 2 rings (SSSR count). The van der Waals surface area contributed by atoms with Crippen LogP contribution in [0.2, 0.25) is 0 Å². The van der Waals surface area contributed by atoms with Crippen LogP contribution in [0.15, 0.2) is 30.3 Å². The molecule has 0 fully saturated rings. The number of nitrogens with zero attached hydrogens (tertiary/aromatic N) is 2. The number of aryl methyl sites for hydroxylation is 2. The molecule has 1 aromatic carbocycles. The van der Waals surface area contributed by atoms with Crippen molar-refractivity contribution in [1.29, 1.82) is 0 Å². The van der Waals surface area contributed by atoms with Crippen molar-refractivity contribution < 1.29 is 4.74 Å². The molecule has 104 valence electrons. The summed E-state index contributed by atoms with van der Waals surface area (Å²) in [6.07, 6.45) is 0.933. The van der Waals surface area contributed by atoms with Gasteiger partial charge in [0.25, 0.3) is 0 Å². The highest BCUT2D eigenvalue weighted by Gasteiger charge is 2.04. The number of ether oxygens (including phenoxy) is 1. The second-order valence-corrected chi connectivity index (χ2v) is 4.42. The predicted molar refractivity (Wildman–Crippen MR) is 79.3 cm³/mol. The molecule has 0 saturated heterocycles. The third-order valence-corrected chi connectivity index (χ3v) is 2.97. The summed E-state index contributed by atoms with van der Waals surface area (Å²) < 4.78 is 7.62. The Bertz CT molecular complexity index is 617. The van der Waals surface area contributed by atoms with Crippen LogP contribution in [0.5, 0.6) is 5.75 Å². The average Bonchev–Trinajstić information content (AvgIpc) is 2.84. The fourth-order valence-electron chi connectivity index (χ4n) is 1.82. The van der Waals surface area contributed by atoms with Crippen molar-refractivity contribution in [3.63, 3.8) is 0 Å². The Kier molecular flexibility index (Phi) is 4.80. The van der Waals surface area contributed by atoms with Gasteiger partial charge in [-0.2, -0.15) is 5.10 Å². The van der Waals surface area contributed by atoms with Gasteiger partial charge in [-0.25, -0.2) is 0 Å². The molecule has 2 N–H and O–H groups in total. The van der Waals surface area contributed by atoms with Gasteiger partial charge in [-0.05, 0) is 36.8 Å². The number of hydrogen-bond acceptors (Lipinski definition) is 3. The van der Waals surface area contributed by atoms with Gasteiger partial charge in [-0.3, -0.25) is 4.68 Å². The highest BCUT2D eigenvalue weighted by Crippen LogP contribution is 2.14. The largest absolute Gasteiger partial charge is 0.487 e. The SMILES string of the molecule is CCc1cc(COc2ccc(C#CCN)cc2)n(C)n1. The molecule has 2 aromatic rings. The summed E-state index contributed by atoms with van der Waals surface area (Å²) in [5, 5.41) is 4.40. The zero-order chi connectivity index (χ0) is 14.4. The zero-order valence-corrected chi connectivity index (χ0v) is 11.9. The first-order valence-electron chi connectivity index (χ1n) is 6.66. The molecule has 0 amide bonds. The van der Waals surface area contributed by atoms with Crippen LogP contribution in [0.4, 0.5) is 0 Å². The average molecular weight is 269 g/mol. The quantitative estimate of drug-likeness (QED) is 0.862. The summed E-state index contributed by atoms with van der Waals surface area (Å²) in [6, 6.07) is 9.76. The van der Waals surface area contributed by atoms with Crippen LogP contribution in [-0.2, 0) is 20.1 Å². The first-order valence-corrected chi connectivity index (χ1v) is 6.66. The molecule has 0 bridgehead atoms. The highest BCUT2D eigenvalue weighted by molar-refractivity contribution is 5.38. The number of rotatable bonds is 4. The topological polar surface area (TPSA) is 53.1 Å². The van der Waals surface area contributed by atoms with Gasteiger partial charge in [-0.15, -0.1) is 0 Å². The van der Waals surface area contributed by atoms with Crippen molar-refractivity contribution in [2.45, 2.75) is 20.0 Å². The van der Waals surface area contributed by atoms with Crippen molar-refractivity contribution in [2.24, 2.45) is 12.8 Å². The lowest BCUT2D eigenvalue weighted by atomic mass is 10.2. The maximum absolute atomic E-state index is 5.76. The third-order valence-electron chi connectivity index (χ3n) is 2.97. The van der Waals surface area contributed by atoms with E-state index in [-0.39, 0.29) is 0 Å². The molecule has 1 aromatic heterocycles. The molecule has 4 nitrogen and oxygen atoms in total. The van der Waals surface area contributed by atoms with Crippen molar-refractivity contribution in [1.82, 2.24) is 9.78 Å². The minimum atomic E-state index is 0.374. The van der Waals surface area contributed by atoms with Gasteiger partial charge in [0.15, 0.2) is 0 Å². The minimum absolute atomic E-state index is 0.374. The Morgan fingerprint density at radius 1 is 1.30 bits per heavy atom. The highest BCUT2D eigenvalue weighted by atomic mass is 16.5. The van der Waals surface area contributed by atoms with Crippen molar-refractivity contribution in [2.75, 3.05) is 6.54 Å². The molecule has 0 spiro atoms. The van der Waals surface area contributed by atoms with E-state index in [0.717, 1.165) is 29.1 Å². The van der Waals surface area contributed by atoms with Gasteiger partial charge in [0.1, 0.15) is 12.4 Å². The fourth-order valence-corrected chi connectivity index (χ4v) is 1.82. The van der Waals surface area contributed by atoms with E-state index in [1.807, 2.05) is 36.0 Å². The Morgan fingerprint density at radius 2 is 2.05 bits per heavy atom. The Morgan fingerprint density at radius 3 is 2.65 bits per heavy atom. The van der Waals surface area contributed by atoms with Crippen molar-refractivity contribution in [3.8, 4) is 17.6 Å². The lowest BCUT2D eigenvalue weighted by Crippen LogP contribution is -2.03. The van der Waals surface area contributed by atoms with Crippen molar-refractivity contribution >= 4 is 0 Å². The van der Waals surface area contributed by atoms with Gasteiger partial charge in [0.2, 0.25) is 0 Å². The maximum atomic E-state index is 5.76. The molecule has 0 aliphatic rings. The van der Waals surface area contributed by atoms with Gasteiger partial charge in [0.05, 0.1) is 17.9 Å². The molecule has 0 unspecified atom stereocenters. The van der Waals surface area contributed by atoms with E-state index in [0.29, 0.717) is 13.2 Å². The van der Waals surface area contributed by atoms with E-state index >= 15 is 0 Å². The van der Waals surface area contributed by atoms with Gasteiger partial charge >= 0.3 is 0 Å². The maximum Gasteiger partial charge on any atom is 0.130 e. The van der Waals surface area contributed by atoms with E-state index in [4.69, 9.17) is 10.5 Å². The molecular weight excluding hydrogens is 250 g/mol. The van der Waals surface area contributed by atoms with E-state index in [2.05, 4.69) is 29.9 Å². The van der Waals surface area contributed by atoms with Crippen LogP contribution in [-0.4, -0.2) is 16.3 Å². The predicted octanol–water partition coefficient (Wildman–Crippen LogP) is 1.87. The van der Waals surface area contributed by atoms with Crippen LogP contribution in [0.1, 0.15) is 23.9 Å². The van der Waals surface area contributed by atoms with Crippen LogP contribution >= 0.6 is 0 Å². The summed E-state index contributed by atoms with van der Waals surface area (Å²) in [6.45, 7) is 2.98. The van der Waals surface area contributed by atoms with Crippen LogP contribution < -0.4 is 10.5 Å². The van der Waals surface area contributed by atoms with Crippen LogP contribution in [0, 0.1) is 11.8 Å². The molecule has 0 radical (unpaired) electrons. The molecule has 0 saturated carbocycles. The van der Waals surface area contributed by atoms with E-state index in [1.165, 1.54) is 0 Å². The Hall–Kier alpha value is -2.25. The monoisotopic (exact) mass is 269 g/mol. The number of hydrogen-bond donors (Lipinski definition) is 1. The van der Waals surface area contributed by atoms with E-state index in [1.54, 1.807) is 0 Å². The minimum Gasteiger partial charge on any atom is -0.487 e. The normalized spacial score (nSPS) is 9.95. The van der Waals surface area contributed by atoms with Crippen LogP contribution in [0.25, 0.3) is 0 Å².